The van der Waals surface area contributed by atoms with Crippen molar-refractivity contribution in [2.24, 2.45) is 5.73 Å². The molecule has 4 nitrogen and oxygen atoms in total. The first kappa shape index (κ1) is 11.3. The van der Waals surface area contributed by atoms with Crippen molar-refractivity contribution in [3.05, 3.63) is 18.6 Å². The molecule has 0 amide bonds. The zero-order valence-corrected chi connectivity index (χ0v) is 10.1. The van der Waals surface area contributed by atoms with Crippen LogP contribution in [0.15, 0.2) is 18.6 Å². The standard InChI is InChI=1S/C12H20N4/c1-12(2,13)10-5-3-4-8-16(10)11-6-7-14-9-15-11/h6-7,9-10H,3-5,8,13H2,1-2H3. The molecule has 1 aliphatic rings. The summed E-state index contributed by atoms with van der Waals surface area (Å²) in [4.78, 5) is 10.6. The third-order valence-corrected chi connectivity index (χ3v) is 3.22. The van der Waals surface area contributed by atoms with Gasteiger partial charge in [0.25, 0.3) is 0 Å². The van der Waals surface area contributed by atoms with E-state index in [1.54, 1.807) is 12.5 Å². The molecule has 0 spiro atoms. The maximum absolute atomic E-state index is 6.25. The lowest BCUT2D eigenvalue weighted by Crippen LogP contribution is -2.57. The highest BCUT2D eigenvalue weighted by molar-refractivity contribution is 5.39. The van der Waals surface area contributed by atoms with Gasteiger partial charge >= 0.3 is 0 Å². The van der Waals surface area contributed by atoms with Crippen LogP contribution < -0.4 is 10.6 Å². The topological polar surface area (TPSA) is 55.0 Å². The van der Waals surface area contributed by atoms with E-state index in [1.807, 2.05) is 6.07 Å². The molecular weight excluding hydrogens is 200 g/mol. The lowest BCUT2D eigenvalue weighted by atomic mass is 9.87. The molecule has 1 aromatic heterocycles. The van der Waals surface area contributed by atoms with Crippen molar-refractivity contribution in [1.29, 1.82) is 0 Å². The number of hydrogen-bond acceptors (Lipinski definition) is 4. The van der Waals surface area contributed by atoms with Crippen LogP contribution in [0.1, 0.15) is 33.1 Å². The SMILES string of the molecule is CC(C)(N)C1CCCCN1c1ccncn1. The van der Waals surface area contributed by atoms with Crippen LogP contribution in [0.4, 0.5) is 5.82 Å². The van der Waals surface area contributed by atoms with Crippen LogP contribution in [-0.4, -0.2) is 28.1 Å². The molecule has 2 heterocycles. The lowest BCUT2D eigenvalue weighted by molar-refractivity contribution is 0.325. The highest BCUT2D eigenvalue weighted by Crippen LogP contribution is 2.27. The summed E-state index contributed by atoms with van der Waals surface area (Å²) < 4.78 is 0. The van der Waals surface area contributed by atoms with Gasteiger partial charge in [-0.25, -0.2) is 9.97 Å². The number of rotatable bonds is 2. The van der Waals surface area contributed by atoms with Gasteiger partial charge in [-0.1, -0.05) is 0 Å². The maximum Gasteiger partial charge on any atom is 0.132 e. The van der Waals surface area contributed by atoms with E-state index in [0.29, 0.717) is 6.04 Å². The van der Waals surface area contributed by atoms with Gasteiger partial charge in [0.1, 0.15) is 12.1 Å². The number of aromatic nitrogens is 2. The molecule has 1 saturated heterocycles. The Morgan fingerprint density at radius 2 is 2.25 bits per heavy atom. The third kappa shape index (κ3) is 2.32. The molecule has 0 saturated carbocycles. The summed E-state index contributed by atoms with van der Waals surface area (Å²) >= 11 is 0. The molecule has 0 aromatic carbocycles. The Morgan fingerprint density at radius 1 is 1.44 bits per heavy atom. The largest absolute Gasteiger partial charge is 0.352 e. The number of hydrogen-bond donors (Lipinski definition) is 1. The van der Waals surface area contributed by atoms with Gasteiger partial charge in [0.15, 0.2) is 0 Å². The van der Waals surface area contributed by atoms with Gasteiger partial charge in [0, 0.05) is 24.3 Å². The summed E-state index contributed by atoms with van der Waals surface area (Å²) in [6.45, 7) is 5.23. The van der Waals surface area contributed by atoms with Crippen LogP contribution in [0.2, 0.25) is 0 Å². The smallest absolute Gasteiger partial charge is 0.132 e. The zero-order valence-electron chi connectivity index (χ0n) is 10.1. The van der Waals surface area contributed by atoms with Gasteiger partial charge in [-0.15, -0.1) is 0 Å². The van der Waals surface area contributed by atoms with Crippen molar-refractivity contribution in [1.82, 2.24) is 9.97 Å². The number of piperidine rings is 1. The van der Waals surface area contributed by atoms with Crippen LogP contribution in [0.5, 0.6) is 0 Å². The van der Waals surface area contributed by atoms with Crippen molar-refractivity contribution >= 4 is 5.82 Å². The van der Waals surface area contributed by atoms with E-state index >= 15 is 0 Å². The predicted octanol–water partition coefficient (Wildman–Crippen LogP) is 1.57. The summed E-state index contributed by atoms with van der Waals surface area (Å²) in [5, 5.41) is 0. The molecule has 1 atom stereocenters. The average molecular weight is 220 g/mol. The molecule has 0 radical (unpaired) electrons. The van der Waals surface area contributed by atoms with Crippen molar-refractivity contribution in [3.63, 3.8) is 0 Å². The van der Waals surface area contributed by atoms with E-state index in [2.05, 4.69) is 28.7 Å². The van der Waals surface area contributed by atoms with Crippen molar-refractivity contribution in [3.8, 4) is 0 Å². The Balaban J connectivity index is 2.24. The highest BCUT2D eigenvalue weighted by atomic mass is 15.2. The van der Waals surface area contributed by atoms with Crippen molar-refractivity contribution < 1.29 is 0 Å². The number of anilines is 1. The molecule has 0 aliphatic carbocycles. The second-order valence-electron chi connectivity index (χ2n) is 5.09. The highest BCUT2D eigenvalue weighted by Gasteiger charge is 2.33. The summed E-state index contributed by atoms with van der Waals surface area (Å²) in [6.07, 6.45) is 7.01. The fourth-order valence-electron chi connectivity index (χ4n) is 2.43. The van der Waals surface area contributed by atoms with Crippen LogP contribution in [-0.2, 0) is 0 Å². The van der Waals surface area contributed by atoms with Gasteiger partial charge in [-0.05, 0) is 39.2 Å². The van der Waals surface area contributed by atoms with Crippen molar-refractivity contribution in [2.45, 2.75) is 44.7 Å². The molecule has 0 bridgehead atoms. The minimum absolute atomic E-state index is 0.189. The van der Waals surface area contributed by atoms with Gasteiger partial charge in [-0.2, -0.15) is 0 Å². The van der Waals surface area contributed by atoms with E-state index in [0.717, 1.165) is 18.8 Å². The summed E-state index contributed by atoms with van der Waals surface area (Å²) in [5.41, 5.74) is 6.06. The van der Waals surface area contributed by atoms with E-state index in [1.165, 1.54) is 12.8 Å². The molecule has 1 aliphatic heterocycles. The fourth-order valence-corrected chi connectivity index (χ4v) is 2.43. The van der Waals surface area contributed by atoms with Crippen LogP contribution >= 0.6 is 0 Å². The zero-order chi connectivity index (χ0) is 11.6. The lowest BCUT2D eigenvalue weighted by Gasteiger charge is -2.43. The number of nitrogens with two attached hydrogens (primary N) is 1. The first-order valence-corrected chi connectivity index (χ1v) is 5.90. The summed E-state index contributed by atoms with van der Waals surface area (Å²) in [6, 6.07) is 2.33. The van der Waals surface area contributed by atoms with Gasteiger partial charge in [-0.3, -0.25) is 0 Å². The molecule has 88 valence electrons. The van der Waals surface area contributed by atoms with E-state index in [-0.39, 0.29) is 5.54 Å². The van der Waals surface area contributed by atoms with Gasteiger partial charge < -0.3 is 10.6 Å². The Morgan fingerprint density at radius 3 is 2.88 bits per heavy atom. The Kier molecular flexibility index (Phi) is 3.10. The minimum Gasteiger partial charge on any atom is -0.352 e. The summed E-state index contributed by atoms with van der Waals surface area (Å²) in [7, 11) is 0. The minimum atomic E-state index is -0.189. The second kappa shape index (κ2) is 4.37. The van der Waals surface area contributed by atoms with Crippen LogP contribution in [0, 0.1) is 0 Å². The monoisotopic (exact) mass is 220 g/mol. The molecule has 1 aromatic rings. The van der Waals surface area contributed by atoms with Crippen LogP contribution in [0.25, 0.3) is 0 Å². The third-order valence-electron chi connectivity index (χ3n) is 3.22. The van der Waals surface area contributed by atoms with Crippen LogP contribution in [0.3, 0.4) is 0 Å². The van der Waals surface area contributed by atoms with Crippen molar-refractivity contribution in [2.75, 3.05) is 11.4 Å². The van der Waals surface area contributed by atoms with E-state index in [4.69, 9.17) is 5.73 Å². The fraction of sp³-hybridized carbons (Fsp3) is 0.667. The Labute approximate surface area is 96.9 Å². The molecule has 4 heteroatoms. The molecule has 1 unspecified atom stereocenters. The average Bonchev–Trinajstić information content (AvgIpc) is 2.29. The maximum atomic E-state index is 6.25. The first-order chi connectivity index (χ1) is 7.59. The predicted molar refractivity (Wildman–Crippen MR) is 65.3 cm³/mol. The normalized spacial score (nSPS) is 22.2. The van der Waals surface area contributed by atoms with E-state index < -0.39 is 0 Å². The molecule has 2 rings (SSSR count). The molecule has 2 N–H and O–H groups in total. The molecular formula is C12H20N4. The Hall–Kier alpha value is -1.16. The number of nitrogens with zero attached hydrogens (tertiary/aromatic N) is 3. The Bertz CT molecular complexity index is 331. The molecule has 1 fully saturated rings. The van der Waals surface area contributed by atoms with E-state index in [9.17, 15) is 0 Å². The summed E-state index contributed by atoms with van der Waals surface area (Å²) in [5.74, 6) is 0.998. The first-order valence-electron chi connectivity index (χ1n) is 5.90. The molecule has 16 heavy (non-hydrogen) atoms. The van der Waals surface area contributed by atoms with Gasteiger partial charge in [0.2, 0.25) is 0 Å². The quantitative estimate of drug-likeness (QED) is 0.822. The van der Waals surface area contributed by atoms with Gasteiger partial charge in [0.05, 0.1) is 0 Å². The second-order valence-corrected chi connectivity index (χ2v) is 5.09.